The summed E-state index contributed by atoms with van der Waals surface area (Å²) in [5.41, 5.74) is 0.708. The molecule has 0 bridgehead atoms. The summed E-state index contributed by atoms with van der Waals surface area (Å²) in [6, 6.07) is 10.0. The Morgan fingerprint density at radius 1 is 1.27 bits per heavy atom. The van der Waals surface area contributed by atoms with Gasteiger partial charge < -0.3 is 14.7 Å². The second-order valence-electron chi connectivity index (χ2n) is 6.31. The molecule has 1 saturated heterocycles. The number of hydrogen-bond donors (Lipinski definition) is 1. The molecule has 1 aliphatic heterocycles. The molecule has 1 atom stereocenters. The number of aliphatic hydroxyl groups is 1. The molecule has 1 N–H and O–H groups in total. The Labute approximate surface area is 130 Å². The average molecular weight is 302 g/mol. The number of hydrogen-bond acceptors (Lipinski definition) is 5. The van der Waals surface area contributed by atoms with Crippen molar-refractivity contribution in [3.63, 3.8) is 0 Å². The molecule has 6 nitrogen and oxygen atoms in total. The highest BCUT2D eigenvalue weighted by Crippen LogP contribution is 2.27. The van der Waals surface area contributed by atoms with Crippen LogP contribution < -0.4 is 4.90 Å². The van der Waals surface area contributed by atoms with Crippen LogP contribution in [0.2, 0.25) is 0 Å². The average Bonchev–Trinajstić information content (AvgIpc) is 2.88. The van der Waals surface area contributed by atoms with Crippen LogP contribution in [-0.2, 0) is 11.8 Å². The monoisotopic (exact) mass is 302 g/mol. The first-order chi connectivity index (χ1) is 10.5. The van der Waals surface area contributed by atoms with Crippen LogP contribution in [0.5, 0.6) is 0 Å². The maximum atomic E-state index is 9.45. The third kappa shape index (κ3) is 2.84. The third-order valence-corrected chi connectivity index (χ3v) is 3.85. The van der Waals surface area contributed by atoms with Gasteiger partial charge in [-0.05, 0) is 13.8 Å². The molecule has 0 aliphatic carbocycles. The van der Waals surface area contributed by atoms with Gasteiger partial charge in [0.1, 0.15) is 0 Å². The molecule has 3 rings (SSSR count). The fraction of sp³-hybridized carbons (Fsp3) is 0.500. The normalized spacial score (nSPS) is 21.1. The molecule has 0 amide bonds. The van der Waals surface area contributed by atoms with Crippen molar-refractivity contribution in [3.05, 3.63) is 30.3 Å². The SMILES string of the molecule is Cn1c(-c2ccccc2)nnc1N1CC(CO)OC(C)(C)C1. The van der Waals surface area contributed by atoms with E-state index in [-0.39, 0.29) is 18.3 Å². The predicted molar refractivity (Wildman–Crippen MR) is 84.7 cm³/mol. The maximum Gasteiger partial charge on any atom is 0.227 e. The van der Waals surface area contributed by atoms with Crippen molar-refractivity contribution in [2.75, 3.05) is 24.6 Å². The lowest BCUT2D eigenvalue weighted by molar-refractivity contribution is -0.101. The van der Waals surface area contributed by atoms with Gasteiger partial charge in [0.05, 0.1) is 18.3 Å². The van der Waals surface area contributed by atoms with Crippen molar-refractivity contribution in [1.82, 2.24) is 14.8 Å². The van der Waals surface area contributed by atoms with Crippen molar-refractivity contribution in [2.45, 2.75) is 25.6 Å². The zero-order valence-electron chi connectivity index (χ0n) is 13.2. The standard InChI is InChI=1S/C16H22N4O2/c1-16(2)11-20(9-13(10-21)22-16)15-18-17-14(19(15)3)12-7-5-4-6-8-12/h4-8,13,21H,9-11H2,1-3H3. The molecule has 1 unspecified atom stereocenters. The zero-order valence-corrected chi connectivity index (χ0v) is 13.2. The van der Waals surface area contributed by atoms with Gasteiger partial charge in [0.2, 0.25) is 5.95 Å². The van der Waals surface area contributed by atoms with Gasteiger partial charge in [-0.1, -0.05) is 30.3 Å². The summed E-state index contributed by atoms with van der Waals surface area (Å²) in [6.45, 7) is 5.38. The number of morpholine rings is 1. The Hall–Kier alpha value is -1.92. The quantitative estimate of drug-likeness (QED) is 0.930. The Bertz CT molecular complexity index is 639. The lowest BCUT2D eigenvalue weighted by Crippen LogP contribution is -2.54. The van der Waals surface area contributed by atoms with Gasteiger partial charge in [-0.3, -0.25) is 4.57 Å². The summed E-state index contributed by atoms with van der Waals surface area (Å²) in [5.74, 6) is 1.63. The second kappa shape index (κ2) is 5.70. The van der Waals surface area contributed by atoms with Gasteiger partial charge in [0.15, 0.2) is 5.82 Å². The lowest BCUT2D eigenvalue weighted by atomic mass is 10.1. The number of ether oxygens (including phenoxy) is 1. The van der Waals surface area contributed by atoms with E-state index in [1.54, 1.807) is 0 Å². The highest BCUT2D eigenvalue weighted by Gasteiger charge is 2.35. The summed E-state index contributed by atoms with van der Waals surface area (Å²) in [5, 5.41) is 18.1. The van der Waals surface area contributed by atoms with Crippen molar-refractivity contribution >= 4 is 5.95 Å². The molecule has 1 fully saturated rings. The molecule has 0 spiro atoms. The van der Waals surface area contributed by atoms with E-state index >= 15 is 0 Å². The number of nitrogens with zero attached hydrogens (tertiary/aromatic N) is 4. The minimum absolute atomic E-state index is 0.00330. The predicted octanol–water partition coefficient (Wildman–Crippen LogP) is 1.46. The first kappa shape index (κ1) is 15.0. The molecule has 1 aromatic carbocycles. The molecule has 1 aliphatic rings. The van der Waals surface area contributed by atoms with Crippen LogP contribution in [0.25, 0.3) is 11.4 Å². The second-order valence-corrected chi connectivity index (χ2v) is 6.31. The molecule has 2 aromatic rings. The fourth-order valence-electron chi connectivity index (χ4n) is 2.98. The first-order valence-electron chi connectivity index (χ1n) is 7.48. The minimum Gasteiger partial charge on any atom is -0.394 e. The minimum atomic E-state index is -0.329. The van der Waals surface area contributed by atoms with Gasteiger partial charge in [-0.2, -0.15) is 0 Å². The summed E-state index contributed by atoms with van der Waals surface area (Å²) in [7, 11) is 1.97. The number of rotatable bonds is 3. The van der Waals surface area contributed by atoms with Gasteiger partial charge in [-0.15, -0.1) is 10.2 Å². The van der Waals surface area contributed by atoms with E-state index in [0.29, 0.717) is 13.1 Å². The van der Waals surface area contributed by atoms with Gasteiger partial charge in [-0.25, -0.2) is 0 Å². The smallest absolute Gasteiger partial charge is 0.227 e. The van der Waals surface area contributed by atoms with Crippen LogP contribution >= 0.6 is 0 Å². The van der Waals surface area contributed by atoms with E-state index in [4.69, 9.17) is 4.74 Å². The molecular formula is C16H22N4O2. The number of anilines is 1. The Kier molecular flexibility index (Phi) is 3.88. The van der Waals surface area contributed by atoms with Crippen molar-refractivity contribution in [3.8, 4) is 11.4 Å². The molecule has 6 heteroatoms. The van der Waals surface area contributed by atoms with E-state index in [1.807, 2.05) is 55.8 Å². The third-order valence-electron chi connectivity index (χ3n) is 3.85. The summed E-state index contributed by atoms with van der Waals surface area (Å²) < 4.78 is 7.85. The van der Waals surface area contributed by atoms with Crippen LogP contribution in [0.1, 0.15) is 13.8 Å². The summed E-state index contributed by atoms with van der Waals surface area (Å²) in [6.07, 6.45) is -0.208. The molecule has 0 saturated carbocycles. The highest BCUT2D eigenvalue weighted by atomic mass is 16.5. The van der Waals surface area contributed by atoms with Gasteiger partial charge in [0, 0.05) is 25.7 Å². The molecule has 0 radical (unpaired) electrons. The van der Waals surface area contributed by atoms with Gasteiger partial charge >= 0.3 is 0 Å². The lowest BCUT2D eigenvalue weighted by Gasteiger charge is -2.42. The molecular weight excluding hydrogens is 280 g/mol. The zero-order chi connectivity index (χ0) is 15.7. The topological polar surface area (TPSA) is 63.4 Å². The molecule has 2 heterocycles. The van der Waals surface area contributed by atoms with Crippen molar-refractivity contribution < 1.29 is 9.84 Å². The van der Waals surface area contributed by atoms with Crippen LogP contribution in [0.3, 0.4) is 0 Å². The van der Waals surface area contributed by atoms with Crippen molar-refractivity contribution in [1.29, 1.82) is 0 Å². The number of aliphatic hydroxyl groups excluding tert-OH is 1. The Balaban J connectivity index is 1.91. The van der Waals surface area contributed by atoms with E-state index in [0.717, 1.165) is 17.3 Å². The van der Waals surface area contributed by atoms with Crippen LogP contribution in [0, 0.1) is 0 Å². The molecule has 1 aromatic heterocycles. The molecule has 118 valence electrons. The van der Waals surface area contributed by atoms with Crippen LogP contribution in [-0.4, -0.2) is 51.3 Å². The van der Waals surface area contributed by atoms with Crippen molar-refractivity contribution in [2.24, 2.45) is 7.05 Å². The summed E-state index contributed by atoms with van der Waals surface area (Å²) in [4.78, 5) is 2.13. The van der Waals surface area contributed by atoms with E-state index < -0.39 is 0 Å². The number of aromatic nitrogens is 3. The summed E-state index contributed by atoms with van der Waals surface area (Å²) >= 11 is 0. The van der Waals surface area contributed by atoms with Crippen LogP contribution in [0.15, 0.2) is 30.3 Å². The first-order valence-corrected chi connectivity index (χ1v) is 7.48. The maximum absolute atomic E-state index is 9.45. The van der Waals surface area contributed by atoms with E-state index in [2.05, 4.69) is 15.1 Å². The molecule has 22 heavy (non-hydrogen) atoms. The van der Waals surface area contributed by atoms with Crippen LogP contribution in [0.4, 0.5) is 5.95 Å². The van der Waals surface area contributed by atoms with Gasteiger partial charge in [0.25, 0.3) is 0 Å². The largest absolute Gasteiger partial charge is 0.394 e. The highest BCUT2D eigenvalue weighted by molar-refractivity contribution is 5.57. The number of benzene rings is 1. The van der Waals surface area contributed by atoms with E-state index in [9.17, 15) is 5.11 Å². The Morgan fingerprint density at radius 2 is 2.00 bits per heavy atom. The van der Waals surface area contributed by atoms with E-state index in [1.165, 1.54) is 0 Å². The Morgan fingerprint density at radius 3 is 2.68 bits per heavy atom. The fourth-order valence-corrected chi connectivity index (χ4v) is 2.98.